The zero-order chi connectivity index (χ0) is 21.3. The van der Waals surface area contributed by atoms with Crippen LogP contribution in [0.3, 0.4) is 0 Å². The monoisotopic (exact) mass is 419 g/mol. The number of aryl methyl sites for hydroxylation is 1. The van der Waals surface area contributed by atoms with Crippen LogP contribution in [0.2, 0.25) is 0 Å². The minimum atomic E-state index is 0.0322. The summed E-state index contributed by atoms with van der Waals surface area (Å²) in [6.07, 6.45) is 5.61. The van der Waals surface area contributed by atoms with Gasteiger partial charge < -0.3 is 14.8 Å². The zero-order valence-electron chi connectivity index (χ0n) is 18.0. The Morgan fingerprint density at radius 1 is 1.13 bits per heavy atom. The molecule has 0 radical (unpaired) electrons. The molecule has 1 fully saturated rings. The molecule has 4 rings (SSSR count). The molecule has 0 unspecified atom stereocenters. The van der Waals surface area contributed by atoms with Gasteiger partial charge in [-0.2, -0.15) is 0 Å². The summed E-state index contributed by atoms with van der Waals surface area (Å²) in [7, 11) is 0. The van der Waals surface area contributed by atoms with Crippen LogP contribution in [-0.2, 0) is 6.54 Å². The van der Waals surface area contributed by atoms with E-state index in [-0.39, 0.29) is 12.1 Å². The third-order valence-electron chi connectivity index (χ3n) is 5.75. The van der Waals surface area contributed by atoms with E-state index in [1.54, 1.807) is 0 Å². The number of thiocarbonyl (C=S) groups is 1. The number of hydrogen-bond acceptors (Lipinski definition) is 3. The number of pyridine rings is 2. The Morgan fingerprint density at radius 2 is 1.97 bits per heavy atom. The lowest BCUT2D eigenvalue weighted by atomic mass is 9.96. The molecule has 1 aliphatic rings. The van der Waals surface area contributed by atoms with E-state index < -0.39 is 0 Å². The largest absolute Gasteiger partial charge is 0.352 e. The molecular formula is C24H29N5S. The van der Waals surface area contributed by atoms with Crippen molar-refractivity contribution in [1.29, 1.82) is 0 Å². The quantitative estimate of drug-likeness (QED) is 0.593. The fourth-order valence-electron chi connectivity index (χ4n) is 4.38. The molecule has 1 aliphatic heterocycles. The summed E-state index contributed by atoms with van der Waals surface area (Å²) >= 11 is 5.77. The molecule has 0 spiro atoms. The van der Waals surface area contributed by atoms with E-state index >= 15 is 0 Å². The van der Waals surface area contributed by atoms with Crippen molar-refractivity contribution in [2.45, 2.75) is 46.3 Å². The second-order valence-corrected chi connectivity index (χ2v) is 8.83. The molecule has 30 heavy (non-hydrogen) atoms. The molecule has 0 aliphatic carbocycles. The van der Waals surface area contributed by atoms with Crippen molar-refractivity contribution < 1.29 is 0 Å². The van der Waals surface area contributed by atoms with Crippen LogP contribution in [0.4, 0.5) is 0 Å². The lowest BCUT2D eigenvalue weighted by molar-refractivity contribution is 0.286. The molecule has 156 valence electrons. The highest BCUT2D eigenvalue weighted by Crippen LogP contribution is 2.41. The van der Waals surface area contributed by atoms with Gasteiger partial charge in [0.2, 0.25) is 0 Å². The van der Waals surface area contributed by atoms with E-state index in [9.17, 15) is 0 Å². The van der Waals surface area contributed by atoms with Gasteiger partial charge in [0.25, 0.3) is 0 Å². The maximum absolute atomic E-state index is 5.77. The Bertz CT molecular complexity index is 1010. The average molecular weight is 420 g/mol. The Hall–Kier alpha value is -2.73. The lowest BCUT2D eigenvalue weighted by Crippen LogP contribution is -2.33. The molecule has 6 heteroatoms. The minimum Gasteiger partial charge on any atom is -0.352 e. The van der Waals surface area contributed by atoms with Crippen LogP contribution in [0.15, 0.2) is 55.0 Å². The molecule has 2 atom stereocenters. The Kier molecular flexibility index (Phi) is 5.86. The first-order chi connectivity index (χ1) is 14.5. The summed E-state index contributed by atoms with van der Waals surface area (Å²) in [4.78, 5) is 11.3. The van der Waals surface area contributed by atoms with Crippen molar-refractivity contribution in [3.63, 3.8) is 0 Å². The van der Waals surface area contributed by atoms with Gasteiger partial charge in [0.05, 0.1) is 17.8 Å². The van der Waals surface area contributed by atoms with Gasteiger partial charge in [0.1, 0.15) is 0 Å². The molecule has 1 N–H and O–H groups in total. The predicted octanol–water partition coefficient (Wildman–Crippen LogP) is 4.57. The molecule has 5 nitrogen and oxygen atoms in total. The van der Waals surface area contributed by atoms with Gasteiger partial charge in [-0.1, -0.05) is 26.0 Å². The third kappa shape index (κ3) is 3.97. The van der Waals surface area contributed by atoms with Gasteiger partial charge in [-0.15, -0.1) is 0 Å². The van der Waals surface area contributed by atoms with Crippen molar-refractivity contribution in [1.82, 2.24) is 24.8 Å². The molecule has 0 amide bonds. The van der Waals surface area contributed by atoms with Crippen LogP contribution in [0, 0.1) is 19.8 Å². The first-order valence-electron chi connectivity index (χ1n) is 10.5. The summed E-state index contributed by atoms with van der Waals surface area (Å²) in [5.74, 6) is 0.508. The van der Waals surface area contributed by atoms with Gasteiger partial charge in [-0.25, -0.2) is 0 Å². The van der Waals surface area contributed by atoms with E-state index in [4.69, 9.17) is 12.2 Å². The molecule has 4 heterocycles. The second kappa shape index (κ2) is 8.56. The summed E-state index contributed by atoms with van der Waals surface area (Å²) in [5, 5.41) is 4.36. The van der Waals surface area contributed by atoms with Gasteiger partial charge >= 0.3 is 0 Å². The van der Waals surface area contributed by atoms with Crippen LogP contribution in [0.25, 0.3) is 0 Å². The van der Waals surface area contributed by atoms with E-state index in [1.807, 2.05) is 36.8 Å². The van der Waals surface area contributed by atoms with E-state index in [2.05, 4.69) is 70.6 Å². The minimum absolute atomic E-state index is 0.0322. The Balaban J connectivity index is 1.76. The molecule has 0 saturated carbocycles. The zero-order valence-corrected chi connectivity index (χ0v) is 18.9. The van der Waals surface area contributed by atoms with Crippen LogP contribution < -0.4 is 5.32 Å². The molecule has 1 saturated heterocycles. The standard InChI is InChI=1S/C24H29N5S/c1-16(2)14-29-23(22(27-24(29)30)21-9-5-6-11-26-21)20-12-17(3)28(18(20)4)15-19-8-7-10-25-13-19/h5-13,16,22-23H,14-15H2,1-4H3,(H,27,30)/t22-,23+/m0/s1. The van der Waals surface area contributed by atoms with Gasteiger partial charge in [0, 0.05) is 43.1 Å². The molecule has 3 aromatic heterocycles. The summed E-state index contributed by atoms with van der Waals surface area (Å²) in [5.41, 5.74) is 6.04. The molecule has 0 aromatic carbocycles. The molecular weight excluding hydrogens is 390 g/mol. The Labute approximate surface area is 184 Å². The SMILES string of the molecule is Cc1cc([C@@H]2[C@H](c3ccccn3)NC(=S)N2CC(C)C)c(C)n1Cc1cccnc1. The number of rotatable bonds is 6. The highest BCUT2D eigenvalue weighted by molar-refractivity contribution is 7.80. The number of nitrogens with zero attached hydrogens (tertiary/aromatic N) is 4. The van der Waals surface area contributed by atoms with Crippen LogP contribution in [0.5, 0.6) is 0 Å². The van der Waals surface area contributed by atoms with E-state index in [1.165, 1.54) is 22.5 Å². The third-order valence-corrected chi connectivity index (χ3v) is 6.11. The summed E-state index contributed by atoms with van der Waals surface area (Å²) in [6, 6.07) is 12.7. The number of hydrogen-bond donors (Lipinski definition) is 1. The van der Waals surface area contributed by atoms with Crippen LogP contribution in [0.1, 0.15) is 54.1 Å². The second-order valence-electron chi connectivity index (χ2n) is 8.45. The fourth-order valence-corrected chi connectivity index (χ4v) is 4.69. The van der Waals surface area contributed by atoms with Crippen molar-refractivity contribution in [3.8, 4) is 0 Å². The first-order valence-corrected chi connectivity index (χ1v) is 10.9. The fraction of sp³-hybridized carbons (Fsp3) is 0.375. The smallest absolute Gasteiger partial charge is 0.170 e. The topological polar surface area (TPSA) is 46.0 Å². The van der Waals surface area contributed by atoms with Crippen molar-refractivity contribution in [2.24, 2.45) is 5.92 Å². The Morgan fingerprint density at radius 3 is 2.63 bits per heavy atom. The summed E-state index contributed by atoms with van der Waals surface area (Å²) in [6.45, 7) is 10.6. The maximum Gasteiger partial charge on any atom is 0.170 e. The normalized spacial score (nSPS) is 18.8. The van der Waals surface area contributed by atoms with Crippen molar-refractivity contribution >= 4 is 17.3 Å². The average Bonchev–Trinajstić information content (AvgIpc) is 3.20. The molecule has 0 bridgehead atoms. The van der Waals surface area contributed by atoms with E-state index in [0.29, 0.717) is 5.92 Å². The molecule has 3 aromatic rings. The van der Waals surface area contributed by atoms with Gasteiger partial charge in [-0.05, 0) is 67.4 Å². The number of aromatic nitrogens is 3. The van der Waals surface area contributed by atoms with Crippen molar-refractivity contribution in [3.05, 3.63) is 83.2 Å². The van der Waals surface area contributed by atoms with Crippen molar-refractivity contribution in [2.75, 3.05) is 6.54 Å². The predicted molar refractivity (Wildman–Crippen MR) is 124 cm³/mol. The maximum atomic E-state index is 5.77. The highest BCUT2D eigenvalue weighted by Gasteiger charge is 2.41. The number of nitrogens with one attached hydrogen (secondary N) is 1. The van der Waals surface area contributed by atoms with Crippen LogP contribution in [-0.4, -0.2) is 31.1 Å². The van der Waals surface area contributed by atoms with E-state index in [0.717, 1.165) is 23.9 Å². The summed E-state index contributed by atoms with van der Waals surface area (Å²) < 4.78 is 2.37. The van der Waals surface area contributed by atoms with Crippen LogP contribution >= 0.6 is 12.2 Å². The van der Waals surface area contributed by atoms with Gasteiger partial charge in [-0.3, -0.25) is 9.97 Å². The first kappa shape index (κ1) is 20.5. The van der Waals surface area contributed by atoms with Gasteiger partial charge in [0.15, 0.2) is 5.11 Å². The highest BCUT2D eigenvalue weighted by atomic mass is 32.1. The lowest BCUT2D eigenvalue weighted by Gasteiger charge is -2.29.